The first-order valence-corrected chi connectivity index (χ1v) is 7.60. The Hall–Kier alpha value is -1.53. The van der Waals surface area contributed by atoms with E-state index >= 15 is 0 Å². The second-order valence-electron chi connectivity index (χ2n) is 4.38. The number of benzene rings is 1. The average molecular weight is 355 g/mol. The molecule has 2 N–H and O–H groups in total. The van der Waals surface area contributed by atoms with E-state index < -0.39 is 0 Å². The van der Waals surface area contributed by atoms with Gasteiger partial charge in [-0.15, -0.1) is 11.3 Å². The zero-order valence-corrected chi connectivity index (χ0v) is 13.6. The van der Waals surface area contributed by atoms with Crippen molar-refractivity contribution in [2.45, 2.75) is 6.54 Å². The first kappa shape index (κ1) is 14.9. The number of rotatable bonds is 4. The molecule has 0 fully saturated rings. The van der Waals surface area contributed by atoms with Crippen LogP contribution >= 0.6 is 27.3 Å². The maximum atomic E-state index is 12.5. The van der Waals surface area contributed by atoms with Crippen molar-refractivity contribution in [2.24, 2.45) is 0 Å². The molecule has 2 rings (SSSR count). The Bertz CT molecular complexity index is 627. The molecule has 0 unspecified atom stereocenters. The molecule has 1 aromatic heterocycles. The van der Waals surface area contributed by atoms with E-state index in [1.165, 1.54) is 7.11 Å². The molecule has 2 aromatic rings. The van der Waals surface area contributed by atoms with Gasteiger partial charge in [-0.2, -0.15) is 0 Å². The Morgan fingerprint density at radius 1 is 1.45 bits per heavy atom. The number of nitrogens with two attached hydrogens (primary N) is 1. The molecule has 1 aromatic carbocycles. The van der Waals surface area contributed by atoms with Crippen molar-refractivity contribution in [3.05, 3.63) is 44.6 Å². The molecule has 0 spiro atoms. The Balaban J connectivity index is 2.20. The number of nitrogens with zero attached hydrogens (tertiary/aromatic N) is 1. The number of amides is 1. The fraction of sp³-hybridized carbons (Fsp3) is 0.214. The van der Waals surface area contributed by atoms with E-state index in [0.717, 1.165) is 9.35 Å². The number of hydrogen-bond acceptors (Lipinski definition) is 4. The molecule has 0 aliphatic carbocycles. The minimum atomic E-state index is -0.114. The van der Waals surface area contributed by atoms with Gasteiger partial charge in [0.05, 0.1) is 16.5 Å². The maximum Gasteiger partial charge on any atom is 0.257 e. The lowest BCUT2D eigenvalue weighted by Gasteiger charge is -2.18. The number of carbonyl (C=O) groups is 1. The van der Waals surface area contributed by atoms with Crippen LogP contribution in [-0.4, -0.2) is 25.0 Å². The fourth-order valence-electron chi connectivity index (χ4n) is 1.87. The first-order valence-electron chi connectivity index (χ1n) is 5.93. The predicted molar refractivity (Wildman–Crippen MR) is 85.2 cm³/mol. The van der Waals surface area contributed by atoms with Crippen molar-refractivity contribution in [2.75, 3.05) is 19.9 Å². The monoisotopic (exact) mass is 354 g/mol. The van der Waals surface area contributed by atoms with Gasteiger partial charge in [-0.3, -0.25) is 4.79 Å². The number of nitrogen functional groups attached to an aromatic ring is 1. The summed E-state index contributed by atoms with van der Waals surface area (Å²) in [7, 11) is 3.30. The quantitative estimate of drug-likeness (QED) is 0.856. The third-order valence-electron chi connectivity index (χ3n) is 2.84. The van der Waals surface area contributed by atoms with Crippen molar-refractivity contribution in [1.29, 1.82) is 0 Å². The number of hydrogen-bond donors (Lipinski definition) is 1. The van der Waals surface area contributed by atoms with Gasteiger partial charge in [-0.05, 0) is 51.1 Å². The van der Waals surface area contributed by atoms with Crippen LogP contribution < -0.4 is 10.5 Å². The SMILES string of the molecule is COc1ccc(N)cc1C(=O)N(C)Cc1csc(Br)c1. The van der Waals surface area contributed by atoms with E-state index in [1.54, 1.807) is 41.5 Å². The number of halogens is 1. The van der Waals surface area contributed by atoms with E-state index in [9.17, 15) is 4.79 Å². The topological polar surface area (TPSA) is 55.6 Å². The summed E-state index contributed by atoms with van der Waals surface area (Å²) < 4.78 is 6.27. The summed E-state index contributed by atoms with van der Waals surface area (Å²) >= 11 is 5.01. The highest BCUT2D eigenvalue weighted by Gasteiger charge is 2.17. The van der Waals surface area contributed by atoms with Crippen LogP contribution in [0.1, 0.15) is 15.9 Å². The molecular formula is C14H15BrN2O2S. The summed E-state index contributed by atoms with van der Waals surface area (Å²) in [6.45, 7) is 0.541. The van der Waals surface area contributed by atoms with Gasteiger partial charge in [-0.25, -0.2) is 0 Å². The molecule has 0 aliphatic rings. The highest BCUT2D eigenvalue weighted by molar-refractivity contribution is 9.11. The highest BCUT2D eigenvalue weighted by atomic mass is 79.9. The molecule has 0 saturated carbocycles. The average Bonchev–Trinajstić information content (AvgIpc) is 2.83. The second kappa shape index (κ2) is 6.28. The van der Waals surface area contributed by atoms with Crippen LogP contribution in [0.25, 0.3) is 0 Å². The molecule has 1 heterocycles. The lowest BCUT2D eigenvalue weighted by molar-refractivity contribution is 0.0782. The first-order chi connectivity index (χ1) is 9.51. The van der Waals surface area contributed by atoms with Gasteiger partial charge in [0.2, 0.25) is 0 Å². The number of anilines is 1. The summed E-state index contributed by atoms with van der Waals surface area (Å²) in [5, 5.41) is 2.02. The van der Waals surface area contributed by atoms with Crippen LogP contribution in [-0.2, 0) is 6.54 Å². The predicted octanol–water partition coefficient (Wildman–Crippen LogP) is 3.37. The van der Waals surface area contributed by atoms with Crippen molar-refractivity contribution in [1.82, 2.24) is 4.90 Å². The maximum absolute atomic E-state index is 12.5. The molecule has 106 valence electrons. The molecule has 20 heavy (non-hydrogen) atoms. The van der Waals surface area contributed by atoms with Crippen LogP contribution in [0.2, 0.25) is 0 Å². The van der Waals surface area contributed by atoms with Crippen molar-refractivity contribution >= 4 is 38.9 Å². The Morgan fingerprint density at radius 3 is 2.80 bits per heavy atom. The minimum Gasteiger partial charge on any atom is -0.496 e. The van der Waals surface area contributed by atoms with Gasteiger partial charge in [0.25, 0.3) is 5.91 Å². The molecule has 4 nitrogen and oxygen atoms in total. The largest absolute Gasteiger partial charge is 0.496 e. The van der Waals surface area contributed by atoms with Gasteiger partial charge >= 0.3 is 0 Å². The summed E-state index contributed by atoms with van der Waals surface area (Å²) in [5.74, 6) is 0.416. The third-order valence-corrected chi connectivity index (χ3v) is 4.40. The molecule has 0 saturated heterocycles. The van der Waals surface area contributed by atoms with E-state index in [-0.39, 0.29) is 5.91 Å². The second-order valence-corrected chi connectivity index (χ2v) is 6.67. The zero-order chi connectivity index (χ0) is 14.7. The van der Waals surface area contributed by atoms with Gasteiger partial charge < -0.3 is 15.4 Å². The smallest absolute Gasteiger partial charge is 0.257 e. The zero-order valence-electron chi connectivity index (χ0n) is 11.2. The van der Waals surface area contributed by atoms with Crippen molar-refractivity contribution in [3.63, 3.8) is 0 Å². The molecule has 0 bridgehead atoms. The molecule has 1 amide bonds. The summed E-state index contributed by atoms with van der Waals surface area (Å²) in [6, 6.07) is 7.06. The summed E-state index contributed by atoms with van der Waals surface area (Å²) in [5.41, 5.74) is 7.85. The summed E-state index contributed by atoms with van der Waals surface area (Å²) in [4.78, 5) is 14.1. The van der Waals surface area contributed by atoms with Gasteiger partial charge in [0, 0.05) is 19.3 Å². The molecule has 6 heteroatoms. The Morgan fingerprint density at radius 2 is 2.20 bits per heavy atom. The van der Waals surface area contributed by atoms with Crippen LogP contribution in [0.15, 0.2) is 33.4 Å². The Labute approximate surface area is 130 Å². The standard InChI is InChI=1S/C14H15BrN2O2S/c1-17(7-9-5-13(15)20-8-9)14(18)11-6-10(16)3-4-12(11)19-2/h3-6,8H,7,16H2,1-2H3. The van der Waals surface area contributed by atoms with Crippen LogP contribution in [0.3, 0.4) is 0 Å². The number of methoxy groups -OCH3 is 1. The van der Waals surface area contributed by atoms with Gasteiger partial charge in [0.1, 0.15) is 5.75 Å². The van der Waals surface area contributed by atoms with E-state index in [4.69, 9.17) is 10.5 Å². The molecule has 0 radical (unpaired) electrons. The fourth-order valence-corrected chi connectivity index (χ4v) is 3.07. The van der Waals surface area contributed by atoms with Gasteiger partial charge in [0.15, 0.2) is 0 Å². The van der Waals surface area contributed by atoms with Crippen molar-refractivity contribution < 1.29 is 9.53 Å². The van der Waals surface area contributed by atoms with Crippen LogP contribution in [0, 0.1) is 0 Å². The summed E-state index contributed by atoms with van der Waals surface area (Å²) in [6.07, 6.45) is 0. The van der Waals surface area contributed by atoms with Crippen LogP contribution in [0.5, 0.6) is 5.75 Å². The van der Waals surface area contributed by atoms with E-state index in [0.29, 0.717) is 23.5 Å². The van der Waals surface area contributed by atoms with E-state index in [1.807, 2.05) is 11.4 Å². The minimum absolute atomic E-state index is 0.114. The third kappa shape index (κ3) is 3.32. The molecular weight excluding hydrogens is 340 g/mol. The van der Waals surface area contributed by atoms with Crippen LogP contribution in [0.4, 0.5) is 5.69 Å². The molecule has 0 atom stereocenters. The normalized spacial score (nSPS) is 10.3. The highest BCUT2D eigenvalue weighted by Crippen LogP contribution is 2.25. The molecule has 0 aliphatic heterocycles. The lowest BCUT2D eigenvalue weighted by Crippen LogP contribution is -2.26. The number of thiophene rings is 1. The van der Waals surface area contributed by atoms with Crippen molar-refractivity contribution in [3.8, 4) is 5.75 Å². The number of carbonyl (C=O) groups excluding carboxylic acids is 1. The lowest BCUT2D eigenvalue weighted by atomic mass is 10.1. The van der Waals surface area contributed by atoms with Gasteiger partial charge in [-0.1, -0.05) is 0 Å². The van der Waals surface area contributed by atoms with E-state index in [2.05, 4.69) is 15.9 Å². The Kier molecular flexibility index (Phi) is 4.67. The number of ether oxygens (including phenoxy) is 1.